The Kier molecular flexibility index (Phi) is 3.34. The van der Waals surface area contributed by atoms with Gasteiger partial charge in [0.1, 0.15) is 12.4 Å². The molecule has 0 aliphatic heterocycles. The molecule has 2 rings (SSSR count). The van der Waals surface area contributed by atoms with Gasteiger partial charge in [-0.2, -0.15) is 0 Å². The second-order valence-electron chi connectivity index (χ2n) is 3.40. The van der Waals surface area contributed by atoms with E-state index in [2.05, 4.69) is 4.98 Å². The maximum Gasteiger partial charge on any atom is 0.273 e. The van der Waals surface area contributed by atoms with Crippen molar-refractivity contribution >= 4 is 5.69 Å². The van der Waals surface area contributed by atoms with E-state index in [0.29, 0.717) is 18.9 Å². The van der Waals surface area contributed by atoms with Crippen LogP contribution in [0.3, 0.4) is 0 Å². The largest absolute Gasteiger partial charge is 0.491 e. The molecule has 0 atom stereocenters. The van der Waals surface area contributed by atoms with Crippen molar-refractivity contribution < 1.29 is 9.66 Å². The number of nitrogens with zero attached hydrogens (tertiary/aromatic N) is 3. The SMILES string of the molecule is O=[N+]([O-])c1cccc(OCCn2ccnc2)c1. The molecule has 6 nitrogen and oxygen atoms in total. The van der Waals surface area contributed by atoms with E-state index in [1.54, 1.807) is 24.7 Å². The maximum atomic E-state index is 10.6. The van der Waals surface area contributed by atoms with Crippen LogP contribution >= 0.6 is 0 Å². The molecule has 2 aromatic rings. The predicted octanol–water partition coefficient (Wildman–Crippen LogP) is 1.87. The number of hydrogen-bond acceptors (Lipinski definition) is 4. The molecule has 0 aliphatic carbocycles. The van der Waals surface area contributed by atoms with Crippen LogP contribution in [0.4, 0.5) is 5.69 Å². The van der Waals surface area contributed by atoms with E-state index in [1.165, 1.54) is 12.1 Å². The van der Waals surface area contributed by atoms with Gasteiger partial charge in [-0.3, -0.25) is 10.1 Å². The van der Waals surface area contributed by atoms with E-state index in [9.17, 15) is 10.1 Å². The van der Waals surface area contributed by atoms with Crippen LogP contribution in [0, 0.1) is 10.1 Å². The number of hydrogen-bond donors (Lipinski definition) is 0. The number of ether oxygens (including phenoxy) is 1. The fraction of sp³-hybridized carbons (Fsp3) is 0.182. The molecule has 1 aromatic heterocycles. The van der Waals surface area contributed by atoms with E-state index in [0.717, 1.165) is 0 Å². The van der Waals surface area contributed by atoms with E-state index in [1.807, 2.05) is 10.8 Å². The smallest absolute Gasteiger partial charge is 0.273 e. The molecule has 0 bridgehead atoms. The van der Waals surface area contributed by atoms with E-state index < -0.39 is 4.92 Å². The van der Waals surface area contributed by atoms with Crippen LogP contribution < -0.4 is 4.74 Å². The summed E-state index contributed by atoms with van der Waals surface area (Å²) in [6.45, 7) is 1.10. The summed E-state index contributed by atoms with van der Waals surface area (Å²) < 4.78 is 7.29. The summed E-state index contributed by atoms with van der Waals surface area (Å²) in [4.78, 5) is 14.0. The quantitative estimate of drug-likeness (QED) is 0.584. The highest BCUT2D eigenvalue weighted by Crippen LogP contribution is 2.18. The molecule has 1 heterocycles. The Morgan fingerprint density at radius 3 is 3.06 bits per heavy atom. The number of nitro groups is 1. The van der Waals surface area contributed by atoms with Gasteiger partial charge in [0.05, 0.1) is 23.9 Å². The third kappa shape index (κ3) is 3.04. The molecule has 0 amide bonds. The lowest BCUT2D eigenvalue weighted by atomic mass is 10.3. The number of benzene rings is 1. The Hall–Kier alpha value is -2.37. The molecule has 0 radical (unpaired) electrons. The summed E-state index contributed by atoms with van der Waals surface area (Å²) in [6.07, 6.45) is 5.21. The number of non-ortho nitro benzene ring substituents is 1. The van der Waals surface area contributed by atoms with Crippen molar-refractivity contribution in [3.63, 3.8) is 0 Å². The number of rotatable bonds is 5. The number of imidazole rings is 1. The first-order valence-electron chi connectivity index (χ1n) is 5.09. The van der Waals surface area contributed by atoms with Gasteiger partial charge in [-0.25, -0.2) is 4.98 Å². The zero-order chi connectivity index (χ0) is 12.1. The van der Waals surface area contributed by atoms with Crippen LogP contribution in [0.5, 0.6) is 5.75 Å². The van der Waals surface area contributed by atoms with Gasteiger partial charge in [0, 0.05) is 18.5 Å². The fourth-order valence-electron chi connectivity index (χ4n) is 1.37. The van der Waals surface area contributed by atoms with Crippen molar-refractivity contribution in [2.45, 2.75) is 6.54 Å². The van der Waals surface area contributed by atoms with Crippen LogP contribution in [0.2, 0.25) is 0 Å². The monoisotopic (exact) mass is 233 g/mol. The van der Waals surface area contributed by atoms with Gasteiger partial charge < -0.3 is 9.30 Å². The van der Waals surface area contributed by atoms with Crippen molar-refractivity contribution in [3.8, 4) is 5.75 Å². The molecular weight excluding hydrogens is 222 g/mol. The molecule has 88 valence electrons. The Bertz CT molecular complexity index is 496. The molecule has 0 N–H and O–H groups in total. The van der Waals surface area contributed by atoms with Crippen LogP contribution in [0.15, 0.2) is 43.0 Å². The van der Waals surface area contributed by atoms with Gasteiger partial charge in [0.25, 0.3) is 5.69 Å². The predicted molar refractivity (Wildman–Crippen MR) is 60.8 cm³/mol. The molecule has 0 aliphatic rings. The van der Waals surface area contributed by atoms with E-state index in [-0.39, 0.29) is 5.69 Å². The van der Waals surface area contributed by atoms with Crippen molar-refractivity contribution in [1.82, 2.24) is 9.55 Å². The zero-order valence-corrected chi connectivity index (χ0v) is 9.02. The van der Waals surface area contributed by atoms with Crippen molar-refractivity contribution in [3.05, 3.63) is 53.1 Å². The third-order valence-electron chi connectivity index (χ3n) is 2.21. The standard InChI is InChI=1S/C11H11N3O3/c15-14(16)10-2-1-3-11(8-10)17-7-6-13-5-4-12-9-13/h1-5,8-9H,6-7H2. The minimum absolute atomic E-state index is 0.0325. The van der Waals surface area contributed by atoms with Gasteiger partial charge in [-0.05, 0) is 6.07 Å². The third-order valence-corrected chi connectivity index (χ3v) is 2.21. The van der Waals surface area contributed by atoms with Crippen molar-refractivity contribution in [2.75, 3.05) is 6.61 Å². The molecule has 0 unspecified atom stereocenters. The van der Waals surface area contributed by atoms with Crippen LogP contribution in [-0.4, -0.2) is 21.1 Å². The molecule has 0 fully saturated rings. The Morgan fingerprint density at radius 1 is 1.47 bits per heavy atom. The van der Waals surface area contributed by atoms with Crippen molar-refractivity contribution in [1.29, 1.82) is 0 Å². The molecule has 0 saturated heterocycles. The summed E-state index contributed by atoms with van der Waals surface area (Å²) in [5.74, 6) is 0.499. The Morgan fingerprint density at radius 2 is 2.35 bits per heavy atom. The van der Waals surface area contributed by atoms with Crippen LogP contribution in [-0.2, 0) is 6.54 Å². The van der Waals surface area contributed by atoms with Crippen LogP contribution in [0.25, 0.3) is 0 Å². The highest BCUT2D eigenvalue weighted by molar-refractivity contribution is 5.37. The van der Waals surface area contributed by atoms with Crippen molar-refractivity contribution in [2.24, 2.45) is 0 Å². The zero-order valence-electron chi connectivity index (χ0n) is 9.02. The average molecular weight is 233 g/mol. The summed E-state index contributed by atoms with van der Waals surface area (Å²) in [7, 11) is 0. The average Bonchev–Trinajstić information content (AvgIpc) is 2.82. The number of aromatic nitrogens is 2. The van der Waals surface area contributed by atoms with E-state index >= 15 is 0 Å². The fourth-order valence-corrected chi connectivity index (χ4v) is 1.37. The lowest BCUT2D eigenvalue weighted by Crippen LogP contribution is -2.06. The summed E-state index contributed by atoms with van der Waals surface area (Å²) in [5.41, 5.74) is 0.0325. The minimum Gasteiger partial charge on any atom is -0.491 e. The second kappa shape index (κ2) is 5.11. The molecule has 0 saturated carbocycles. The Labute approximate surface area is 97.6 Å². The summed E-state index contributed by atoms with van der Waals surface area (Å²) in [5, 5.41) is 10.6. The lowest BCUT2D eigenvalue weighted by molar-refractivity contribution is -0.384. The lowest BCUT2D eigenvalue weighted by Gasteiger charge is -2.06. The second-order valence-corrected chi connectivity index (χ2v) is 3.40. The van der Waals surface area contributed by atoms with Gasteiger partial charge in [-0.15, -0.1) is 0 Å². The molecular formula is C11H11N3O3. The highest BCUT2D eigenvalue weighted by Gasteiger charge is 2.05. The summed E-state index contributed by atoms with van der Waals surface area (Å²) >= 11 is 0. The highest BCUT2D eigenvalue weighted by atomic mass is 16.6. The van der Waals surface area contributed by atoms with Gasteiger partial charge in [0.15, 0.2) is 0 Å². The molecule has 17 heavy (non-hydrogen) atoms. The van der Waals surface area contributed by atoms with E-state index in [4.69, 9.17) is 4.74 Å². The van der Waals surface area contributed by atoms with Gasteiger partial charge >= 0.3 is 0 Å². The first-order valence-corrected chi connectivity index (χ1v) is 5.09. The molecule has 6 heteroatoms. The summed E-state index contributed by atoms with van der Waals surface area (Å²) in [6, 6.07) is 6.14. The minimum atomic E-state index is -0.442. The molecule has 1 aromatic carbocycles. The number of nitro benzene ring substituents is 1. The normalized spacial score (nSPS) is 10.1. The molecule has 0 spiro atoms. The first kappa shape index (κ1) is 11.1. The maximum absolute atomic E-state index is 10.6. The topological polar surface area (TPSA) is 70.2 Å². The van der Waals surface area contributed by atoms with Gasteiger partial charge in [-0.1, -0.05) is 6.07 Å². The Balaban J connectivity index is 1.90. The van der Waals surface area contributed by atoms with Gasteiger partial charge in [0.2, 0.25) is 0 Å². The van der Waals surface area contributed by atoms with Crippen LogP contribution in [0.1, 0.15) is 0 Å². The first-order chi connectivity index (χ1) is 8.25.